The monoisotopic (exact) mass is 262 g/mol. The van der Waals surface area contributed by atoms with Gasteiger partial charge in [0.25, 0.3) is 0 Å². The van der Waals surface area contributed by atoms with E-state index in [0.717, 1.165) is 6.42 Å². The van der Waals surface area contributed by atoms with Crippen molar-refractivity contribution in [3.63, 3.8) is 0 Å². The topological polar surface area (TPSA) is 83.6 Å². The molecule has 1 atom stereocenters. The zero-order valence-corrected chi connectivity index (χ0v) is 10.9. The molecule has 0 spiro atoms. The average Bonchev–Trinajstić information content (AvgIpc) is 2.70. The highest BCUT2D eigenvalue weighted by Gasteiger charge is 2.29. The molecule has 102 valence electrons. The smallest absolute Gasteiger partial charge is 0.338 e. The highest BCUT2D eigenvalue weighted by Crippen LogP contribution is 2.25. The highest BCUT2D eigenvalue weighted by molar-refractivity contribution is 5.95. The van der Waals surface area contributed by atoms with Crippen molar-refractivity contribution in [3.8, 4) is 0 Å². The summed E-state index contributed by atoms with van der Waals surface area (Å²) in [6, 6.07) is 4.99. The lowest BCUT2D eigenvalue weighted by Gasteiger charge is -2.18. The first-order valence-electron chi connectivity index (χ1n) is 6.41. The van der Waals surface area contributed by atoms with Gasteiger partial charge in [-0.25, -0.2) is 4.79 Å². The first kappa shape index (κ1) is 13.4. The van der Waals surface area contributed by atoms with Crippen molar-refractivity contribution in [2.75, 3.05) is 12.3 Å². The Labute approximate surface area is 112 Å². The molecule has 1 aromatic rings. The third-order valence-corrected chi connectivity index (χ3v) is 3.63. The van der Waals surface area contributed by atoms with Crippen LogP contribution in [0.3, 0.4) is 0 Å². The molecule has 1 unspecified atom stereocenters. The standard InChI is InChI=1S/C14H18N2O3/c1-2-9-6-12(17)16(7-9)8-10-4-3-5-11(15)13(10)14(18)19/h3-5,9H,2,6-8,15H2,1H3,(H,18,19). The van der Waals surface area contributed by atoms with E-state index in [0.29, 0.717) is 31.0 Å². The van der Waals surface area contributed by atoms with Crippen molar-refractivity contribution in [2.45, 2.75) is 26.3 Å². The number of hydrogen-bond acceptors (Lipinski definition) is 3. The van der Waals surface area contributed by atoms with E-state index in [2.05, 4.69) is 6.92 Å². The van der Waals surface area contributed by atoms with Gasteiger partial charge in [-0.2, -0.15) is 0 Å². The Balaban J connectivity index is 2.22. The largest absolute Gasteiger partial charge is 0.478 e. The van der Waals surface area contributed by atoms with Crippen molar-refractivity contribution in [3.05, 3.63) is 29.3 Å². The van der Waals surface area contributed by atoms with Crippen molar-refractivity contribution < 1.29 is 14.7 Å². The number of carbonyl (C=O) groups excluding carboxylic acids is 1. The van der Waals surface area contributed by atoms with Crippen LogP contribution < -0.4 is 5.73 Å². The lowest BCUT2D eigenvalue weighted by molar-refractivity contribution is -0.128. The number of amides is 1. The molecule has 1 amide bonds. The molecular weight excluding hydrogens is 244 g/mol. The number of carboxylic acids is 1. The van der Waals surface area contributed by atoms with Gasteiger partial charge in [0.15, 0.2) is 0 Å². The van der Waals surface area contributed by atoms with Gasteiger partial charge in [0.2, 0.25) is 5.91 Å². The van der Waals surface area contributed by atoms with E-state index in [4.69, 9.17) is 5.73 Å². The second kappa shape index (κ2) is 5.30. The first-order chi connectivity index (χ1) is 9.02. The number of carbonyl (C=O) groups is 2. The SMILES string of the molecule is CCC1CC(=O)N(Cc2cccc(N)c2C(=O)O)C1. The molecule has 0 bridgehead atoms. The number of nitrogen functional groups attached to an aromatic ring is 1. The van der Waals surface area contributed by atoms with Crippen LogP contribution in [0.25, 0.3) is 0 Å². The predicted octanol–water partition coefficient (Wildman–Crippen LogP) is 1.73. The number of benzene rings is 1. The van der Waals surface area contributed by atoms with Gasteiger partial charge in [-0.3, -0.25) is 4.79 Å². The van der Waals surface area contributed by atoms with Gasteiger partial charge in [-0.05, 0) is 17.5 Å². The van der Waals surface area contributed by atoms with Gasteiger partial charge in [0.05, 0.1) is 5.56 Å². The fourth-order valence-corrected chi connectivity index (χ4v) is 2.50. The predicted molar refractivity (Wildman–Crippen MR) is 71.6 cm³/mol. The van der Waals surface area contributed by atoms with Gasteiger partial charge >= 0.3 is 5.97 Å². The minimum absolute atomic E-state index is 0.0885. The van der Waals surface area contributed by atoms with Crippen LogP contribution in [-0.2, 0) is 11.3 Å². The maximum atomic E-state index is 11.9. The van der Waals surface area contributed by atoms with E-state index < -0.39 is 5.97 Å². The lowest BCUT2D eigenvalue weighted by atomic mass is 10.0. The van der Waals surface area contributed by atoms with Crippen LogP contribution >= 0.6 is 0 Å². The minimum Gasteiger partial charge on any atom is -0.478 e. The Bertz CT molecular complexity index is 513. The van der Waals surface area contributed by atoms with Crippen LogP contribution in [-0.4, -0.2) is 28.4 Å². The Morgan fingerprint density at radius 3 is 2.84 bits per heavy atom. The third kappa shape index (κ3) is 2.70. The zero-order chi connectivity index (χ0) is 14.0. The lowest BCUT2D eigenvalue weighted by Crippen LogP contribution is -2.26. The maximum Gasteiger partial charge on any atom is 0.338 e. The molecule has 0 saturated carbocycles. The van der Waals surface area contributed by atoms with E-state index in [1.807, 2.05) is 0 Å². The molecule has 0 radical (unpaired) electrons. The fraction of sp³-hybridized carbons (Fsp3) is 0.429. The summed E-state index contributed by atoms with van der Waals surface area (Å²) in [5.41, 5.74) is 6.64. The van der Waals surface area contributed by atoms with Crippen LogP contribution in [0.1, 0.15) is 35.7 Å². The van der Waals surface area contributed by atoms with Crippen LogP contribution in [0.15, 0.2) is 18.2 Å². The molecule has 1 heterocycles. The molecule has 3 N–H and O–H groups in total. The Morgan fingerprint density at radius 2 is 2.26 bits per heavy atom. The first-order valence-corrected chi connectivity index (χ1v) is 6.41. The second-order valence-electron chi connectivity index (χ2n) is 4.94. The van der Waals surface area contributed by atoms with E-state index in [1.54, 1.807) is 23.1 Å². The normalized spacial score (nSPS) is 18.9. The number of aromatic carboxylic acids is 1. The van der Waals surface area contributed by atoms with Gasteiger partial charge in [-0.15, -0.1) is 0 Å². The van der Waals surface area contributed by atoms with Crippen molar-refractivity contribution >= 4 is 17.6 Å². The molecule has 2 rings (SSSR count). The molecule has 1 aliphatic rings. The minimum atomic E-state index is -1.05. The summed E-state index contributed by atoms with van der Waals surface area (Å²) in [6.45, 7) is 3.08. The summed E-state index contributed by atoms with van der Waals surface area (Å²) < 4.78 is 0. The molecule has 5 heteroatoms. The van der Waals surface area contributed by atoms with Crippen molar-refractivity contribution in [1.82, 2.24) is 4.90 Å². The van der Waals surface area contributed by atoms with Crippen LogP contribution in [0.5, 0.6) is 0 Å². The molecule has 1 fully saturated rings. The van der Waals surface area contributed by atoms with E-state index in [-0.39, 0.29) is 17.2 Å². The molecule has 19 heavy (non-hydrogen) atoms. The van der Waals surface area contributed by atoms with Crippen molar-refractivity contribution in [2.24, 2.45) is 5.92 Å². The summed E-state index contributed by atoms with van der Waals surface area (Å²) in [7, 11) is 0. The number of likely N-dealkylation sites (tertiary alicyclic amines) is 1. The summed E-state index contributed by atoms with van der Waals surface area (Å²) >= 11 is 0. The van der Waals surface area contributed by atoms with Gasteiger partial charge in [-0.1, -0.05) is 25.5 Å². The summed E-state index contributed by atoms with van der Waals surface area (Å²) in [6.07, 6.45) is 1.52. The average molecular weight is 262 g/mol. The molecule has 0 aromatic heterocycles. The van der Waals surface area contributed by atoms with E-state index in [1.165, 1.54) is 0 Å². The Kier molecular flexibility index (Phi) is 3.74. The zero-order valence-electron chi connectivity index (χ0n) is 10.9. The van der Waals surface area contributed by atoms with Crippen LogP contribution in [0.2, 0.25) is 0 Å². The summed E-state index contributed by atoms with van der Waals surface area (Å²) in [5.74, 6) is -0.584. The summed E-state index contributed by atoms with van der Waals surface area (Å²) in [4.78, 5) is 24.8. The number of rotatable bonds is 4. The second-order valence-corrected chi connectivity index (χ2v) is 4.94. The Hall–Kier alpha value is -2.04. The van der Waals surface area contributed by atoms with Crippen LogP contribution in [0.4, 0.5) is 5.69 Å². The number of hydrogen-bond donors (Lipinski definition) is 2. The maximum absolute atomic E-state index is 11.9. The van der Waals surface area contributed by atoms with E-state index in [9.17, 15) is 14.7 Å². The molecular formula is C14H18N2O3. The third-order valence-electron chi connectivity index (χ3n) is 3.63. The Morgan fingerprint density at radius 1 is 1.53 bits per heavy atom. The van der Waals surface area contributed by atoms with Gasteiger partial charge < -0.3 is 15.7 Å². The molecule has 1 aromatic carbocycles. The number of carboxylic acid groups (broad SMARTS) is 1. The van der Waals surface area contributed by atoms with Gasteiger partial charge in [0.1, 0.15) is 0 Å². The van der Waals surface area contributed by atoms with E-state index >= 15 is 0 Å². The van der Waals surface area contributed by atoms with Crippen molar-refractivity contribution in [1.29, 1.82) is 0 Å². The number of anilines is 1. The highest BCUT2D eigenvalue weighted by atomic mass is 16.4. The quantitative estimate of drug-likeness (QED) is 0.809. The fourth-order valence-electron chi connectivity index (χ4n) is 2.50. The number of nitrogens with zero attached hydrogens (tertiary/aromatic N) is 1. The van der Waals surface area contributed by atoms with Crippen LogP contribution in [0, 0.1) is 5.92 Å². The molecule has 0 aliphatic carbocycles. The number of nitrogens with two attached hydrogens (primary N) is 1. The van der Waals surface area contributed by atoms with Gasteiger partial charge in [0, 0.05) is 25.2 Å². The molecule has 5 nitrogen and oxygen atoms in total. The molecule has 1 aliphatic heterocycles. The summed E-state index contributed by atoms with van der Waals surface area (Å²) in [5, 5.41) is 9.20. The molecule has 1 saturated heterocycles.